The van der Waals surface area contributed by atoms with E-state index in [4.69, 9.17) is 0 Å². The highest BCUT2D eigenvalue weighted by molar-refractivity contribution is 9.10. The third-order valence-corrected chi connectivity index (χ3v) is 3.53. The van der Waals surface area contributed by atoms with E-state index < -0.39 is 12.5 Å². The first kappa shape index (κ1) is 12.1. The third kappa shape index (κ3) is 3.63. The SMILES string of the molecule is CCNC(Cc1cc(Br)cs1)C(F)F. The molecule has 1 rings (SSSR count). The van der Waals surface area contributed by atoms with Crippen LogP contribution in [0.4, 0.5) is 8.78 Å². The Morgan fingerprint density at radius 1 is 1.57 bits per heavy atom. The molecule has 14 heavy (non-hydrogen) atoms. The zero-order valence-corrected chi connectivity index (χ0v) is 10.2. The van der Waals surface area contributed by atoms with E-state index in [9.17, 15) is 8.78 Å². The maximum atomic E-state index is 12.5. The topological polar surface area (TPSA) is 12.0 Å². The van der Waals surface area contributed by atoms with E-state index in [1.807, 2.05) is 18.4 Å². The van der Waals surface area contributed by atoms with Gasteiger partial charge in [-0.3, -0.25) is 0 Å². The van der Waals surface area contributed by atoms with Gasteiger partial charge in [-0.15, -0.1) is 11.3 Å². The van der Waals surface area contributed by atoms with Crippen molar-refractivity contribution in [3.05, 3.63) is 20.8 Å². The van der Waals surface area contributed by atoms with Gasteiger partial charge in [-0.2, -0.15) is 0 Å². The molecule has 80 valence electrons. The van der Waals surface area contributed by atoms with Gasteiger partial charge in [0, 0.05) is 21.2 Å². The van der Waals surface area contributed by atoms with E-state index in [-0.39, 0.29) is 0 Å². The average Bonchev–Trinajstić information content (AvgIpc) is 2.50. The van der Waals surface area contributed by atoms with Crippen molar-refractivity contribution in [3.63, 3.8) is 0 Å². The van der Waals surface area contributed by atoms with Crippen molar-refractivity contribution in [2.45, 2.75) is 25.8 Å². The lowest BCUT2D eigenvalue weighted by Gasteiger charge is -2.15. The van der Waals surface area contributed by atoms with E-state index >= 15 is 0 Å². The molecule has 0 aromatic carbocycles. The molecule has 1 heterocycles. The van der Waals surface area contributed by atoms with Crippen LogP contribution in [0.2, 0.25) is 0 Å². The summed E-state index contributed by atoms with van der Waals surface area (Å²) in [7, 11) is 0. The summed E-state index contributed by atoms with van der Waals surface area (Å²) >= 11 is 4.80. The first-order chi connectivity index (χ1) is 6.63. The predicted molar refractivity (Wildman–Crippen MR) is 59.2 cm³/mol. The fraction of sp³-hybridized carbons (Fsp3) is 0.556. The van der Waals surface area contributed by atoms with Crippen LogP contribution in [-0.4, -0.2) is 19.0 Å². The highest BCUT2D eigenvalue weighted by Gasteiger charge is 2.19. The molecule has 0 amide bonds. The van der Waals surface area contributed by atoms with Crippen LogP contribution in [0.25, 0.3) is 0 Å². The van der Waals surface area contributed by atoms with Gasteiger partial charge >= 0.3 is 0 Å². The van der Waals surface area contributed by atoms with E-state index in [1.165, 1.54) is 11.3 Å². The summed E-state index contributed by atoms with van der Waals surface area (Å²) in [4.78, 5) is 0.975. The molecule has 1 atom stereocenters. The minimum Gasteiger partial charge on any atom is -0.309 e. The lowest BCUT2D eigenvalue weighted by Crippen LogP contribution is -2.37. The van der Waals surface area contributed by atoms with Crippen LogP contribution in [0.15, 0.2) is 15.9 Å². The summed E-state index contributed by atoms with van der Waals surface area (Å²) in [6, 6.07) is 1.16. The number of halogens is 3. The van der Waals surface area contributed by atoms with Gasteiger partial charge in [0.2, 0.25) is 0 Å². The summed E-state index contributed by atoms with van der Waals surface area (Å²) < 4.78 is 26.0. The normalized spacial score (nSPS) is 13.5. The van der Waals surface area contributed by atoms with Gasteiger partial charge in [0.25, 0.3) is 6.43 Å². The lowest BCUT2D eigenvalue weighted by molar-refractivity contribution is 0.0994. The summed E-state index contributed by atoms with van der Waals surface area (Å²) in [6.45, 7) is 2.40. The Bertz CT molecular complexity index is 278. The quantitative estimate of drug-likeness (QED) is 0.874. The Kier molecular flexibility index (Phi) is 4.98. The molecule has 0 radical (unpaired) electrons. The first-order valence-electron chi connectivity index (χ1n) is 4.38. The molecule has 1 aromatic rings. The van der Waals surface area contributed by atoms with Crippen molar-refractivity contribution in [1.29, 1.82) is 0 Å². The van der Waals surface area contributed by atoms with Crippen LogP contribution in [-0.2, 0) is 6.42 Å². The molecule has 0 aliphatic carbocycles. The Hall–Kier alpha value is -0.0000000000000000833. The Labute approximate surface area is 94.6 Å². The second-order valence-electron chi connectivity index (χ2n) is 2.93. The van der Waals surface area contributed by atoms with Crippen LogP contribution < -0.4 is 5.32 Å². The molecule has 0 saturated heterocycles. The van der Waals surface area contributed by atoms with Crippen molar-refractivity contribution in [2.75, 3.05) is 6.54 Å². The van der Waals surface area contributed by atoms with E-state index in [0.717, 1.165) is 9.35 Å². The molecule has 0 fully saturated rings. The van der Waals surface area contributed by atoms with Crippen molar-refractivity contribution in [2.24, 2.45) is 0 Å². The standard InChI is InChI=1S/C9H12BrF2NS/c1-2-13-8(9(11)12)4-7-3-6(10)5-14-7/h3,5,8-9,13H,2,4H2,1H3. The fourth-order valence-corrected chi connectivity index (χ4v) is 2.70. The Balaban J connectivity index is 2.55. The van der Waals surface area contributed by atoms with Crippen molar-refractivity contribution in [1.82, 2.24) is 5.32 Å². The average molecular weight is 284 g/mol. The number of rotatable bonds is 5. The largest absolute Gasteiger partial charge is 0.309 e. The van der Waals surface area contributed by atoms with Gasteiger partial charge in [-0.25, -0.2) is 8.78 Å². The van der Waals surface area contributed by atoms with E-state index in [1.54, 1.807) is 0 Å². The molecule has 0 bridgehead atoms. The molecule has 1 aromatic heterocycles. The van der Waals surface area contributed by atoms with Crippen molar-refractivity contribution >= 4 is 27.3 Å². The van der Waals surface area contributed by atoms with Crippen LogP contribution in [0.5, 0.6) is 0 Å². The van der Waals surface area contributed by atoms with Gasteiger partial charge in [0.1, 0.15) is 0 Å². The van der Waals surface area contributed by atoms with Gasteiger partial charge in [-0.05, 0) is 28.5 Å². The maximum absolute atomic E-state index is 12.5. The summed E-state index contributed by atoms with van der Waals surface area (Å²) in [5.41, 5.74) is 0. The second kappa shape index (κ2) is 5.78. The number of alkyl halides is 2. The number of hydrogen-bond donors (Lipinski definition) is 1. The summed E-state index contributed by atoms with van der Waals surface area (Å²) in [5.74, 6) is 0. The number of hydrogen-bond acceptors (Lipinski definition) is 2. The van der Waals surface area contributed by atoms with Gasteiger partial charge in [0.15, 0.2) is 0 Å². The van der Waals surface area contributed by atoms with Crippen molar-refractivity contribution in [3.8, 4) is 0 Å². The van der Waals surface area contributed by atoms with E-state index in [0.29, 0.717) is 13.0 Å². The van der Waals surface area contributed by atoms with Crippen LogP contribution in [0, 0.1) is 0 Å². The molecule has 5 heteroatoms. The highest BCUT2D eigenvalue weighted by atomic mass is 79.9. The minimum atomic E-state index is -2.31. The lowest BCUT2D eigenvalue weighted by atomic mass is 10.2. The fourth-order valence-electron chi connectivity index (χ4n) is 1.19. The number of nitrogens with one attached hydrogen (secondary N) is 1. The Morgan fingerprint density at radius 3 is 2.71 bits per heavy atom. The van der Waals surface area contributed by atoms with Crippen LogP contribution in [0.1, 0.15) is 11.8 Å². The van der Waals surface area contributed by atoms with Gasteiger partial charge < -0.3 is 5.32 Å². The second-order valence-corrected chi connectivity index (χ2v) is 4.85. The number of thiophene rings is 1. The van der Waals surface area contributed by atoms with Gasteiger partial charge in [-0.1, -0.05) is 6.92 Å². The molecule has 1 nitrogen and oxygen atoms in total. The van der Waals surface area contributed by atoms with E-state index in [2.05, 4.69) is 21.2 Å². The first-order valence-corrected chi connectivity index (χ1v) is 6.05. The Morgan fingerprint density at radius 2 is 2.29 bits per heavy atom. The third-order valence-electron chi connectivity index (χ3n) is 1.81. The molecule has 0 aliphatic heterocycles. The molecular formula is C9H12BrF2NS. The zero-order valence-electron chi connectivity index (χ0n) is 7.77. The highest BCUT2D eigenvalue weighted by Crippen LogP contribution is 2.22. The van der Waals surface area contributed by atoms with Gasteiger partial charge in [0.05, 0.1) is 6.04 Å². The minimum absolute atomic E-state index is 0.391. The molecule has 0 aliphatic rings. The molecule has 1 N–H and O–H groups in total. The molecular weight excluding hydrogens is 272 g/mol. The summed E-state index contributed by atoms with van der Waals surface area (Å²) in [5, 5.41) is 4.69. The molecule has 0 saturated carbocycles. The monoisotopic (exact) mass is 283 g/mol. The maximum Gasteiger partial charge on any atom is 0.254 e. The summed E-state index contributed by atoms with van der Waals surface area (Å²) in [6.07, 6.45) is -1.92. The van der Waals surface area contributed by atoms with Crippen molar-refractivity contribution < 1.29 is 8.78 Å². The smallest absolute Gasteiger partial charge is 0.254 e. The number of likely N-dealkylation sites (N-methyl/N-ethyl adjacent to an activating group) is 1. The molecule has 0 spiro atoms. The van der Waals surface area contributed by atoms with Crippen LogP contribution >= 0.6 is 27.3 Å². The zero-order chi connectivity index (χ0) is 10.6. The molecule has 1 unspecified atom stereocenters. The predicted octanol–water partition coefficient (Wildman–Crippen LogP) is 3.30. The van der Waals surface area contributed by atoms with Crippen LogP contribution in [0.3, 0.4) is 0 Å².